The fraction of sp³-hybridized carbons (Fsp3) is 0.875. The van der Waals surface area contributed by atoms with Gasteiger partial charge in [0.2, 0.25) is 0 Å². The minimum Gasteiger partial charge on any atom is -0.310 e. The van der Waals surface area contributed by atoms with Gasteiger partial charge in [0.1, 0.15) is 12.2 Å². The molecule has 0 bridgehead atoms. The molecule has 1 aromatic rings. The highest BCUT2D eigenvalue weighted by molar-refractivity contribution is 4.83. The third-order valence-electron chi connectivity index (χ3n) is 4.48. The van der Waals surface area contributed by atoms with Crippen molar-refractivity contribution in [2.45, 2.75) is 71.0 Å². The first-order chi connectivity index (χ1) is 10.3. The van der Waals surface area contributed by atoms with Crippen molar-refractivity contribution in [2.75, 3.05) is 20.1 Å². The average molecular weight is 293 g/mol. The first kappa shape index (κ1) is 16.4. The highest BCUT2D eigenvalue weighted by atomic mass is 15.3. The molecule has 0 radical (unpaired) electrons. The molecule has 1 N–H and O–H groups in total. The average Bonchev–Trinajstić information content (AvgIpc) is 2.95. The predicted octanol–water partition coefficient (Wildman–Crippen LogP) is 2.43. The number of hydrogen-bond donors (Lipinski definition) is 1. The number of nitrogens with one attached hydrogen (secondary N) is 1. The molecule has 0 amide bonds. The normalized spacial score (nSPS) is 16.7. The van der Waals surface area contributed by atoms with E-state index in [1.807, 2.05) is 4.68 Å². The van der Waals surface area contributed by atoms with Gasteiger partial charge in [0, 0.05) is 12.6 Å². The van der Waals surface area contributed by atoms with E-state index in [2.05, 4.69) is 34.3 Å². The summed E-state index contributed by atoms with van der Waals surface area (Å²) >= 11 is 0. The van der Waals surface area contributed by atoms with E-state index < -0.39 is 0 Å². The van der Waals surface area contributed by atoms with Crippen molar-refractivity contribution in [3.8, 4) is 0 Å². The van der Waals surface area contributed by atoms with Crippen molar-refractivity contribution in [2.24, 2.45) is 0 Å². The van der Waals surface area contributed by atoms with Crippen molar-refractivity contribution < 1.29 is 0 Å². The minimum atomic E-state index is 0.825. The molecule has 2 rings (SSSR count). The third kappa shape index (κ3) is 5.40. The summed E-state index contributed by atoms with van der Waals surface area (Å²) < 4.78 is 2.00. The predicted molar refractivity (Wildman–Crippen MR) is 86.1 cm³/mol. The van der Waals surface area contributed by atoms with Crippen LogP contribution in [0.3, 0.4) is 0 Å². The molecule has 1 saturated carbocycles. The quantitative estimate of drug-likeness (QED) is 0.710. The second-order valence-electron chi connectivity index (χ2n) is 6.20. The summed E-state index contributed by atoms with van der Waals surface area (Å²) in [5.74, 6) is 1.05. The molecule has 0 aromatic carbocycles. The van der Waals surface area contributed by atoms with E-state index in [1.54, 1.807) is 6.33 Å². The van der Waals surface area contributed by atoms with E-state index in [-0.39, 0.29) is 0 Å². The molecule has 0 saturated heterocycles. The van der Waals surface area contributed by atoms with Crippen molar-refractivity contribution in [1.29, 1.82) is 0 Å². The van der Waals surface area contributed by atoms with E-state index in [0.717, 1.165) is 37.9 Å². The first-order valence-electron chi connectivity index (χ1n) is 8.59. The van der Waals surface area contributed by atoms with Crippen LogP contribution in [0.1, 0.15) is 57.7 Å². The van der Waals surface area contributed by atoms with Crippen LogP contribution in [0.15, 0.2) is 6.33 Å². The smallest absolute Gasteiger partial charge is 0.140 e. The summed E-state index contributed by atoms with van der Waals surface area (Å²) in [6.45, 7) is 6.20. The van der Waals surface area contributed by atoms with E-state index in [9.17, 15) is 0 Å². The molecule has 0 unspecified atom stereocenters. The first-order valence-corrected chi connectivity index (χ1v) is 8.59. The van der Waals surface area contributed by atoms with Crippen LogP contribution in [-0.2, 0) is 13.1 Å². The van der Waals surface area contributed by atoms with Gasteiger partial charge in [-0.1, -0.05) is 26.2 Å². The Morgan fingerprint density at radius 1 is 1.33 bits per heavy atom. The van der Waals surface area contributed by atoms with Crippen LogP contribution in [0.2, 0.25) is 0 Å². The van der Waals surface area contributed by atoms with E-state index >= 15 is 0 Å². The highest BCUT2D eigenvalue weighted by Gasteiger charge is 2.17. The van der Waals surface area contributed by atoms with Gasteiger partial charge in [0.05, 0.1) is 6.54 Å². The van der Waals surface area contributed by atoms with Gasteiger partial charge in [0.15, 0.2) is 0 Å². The SMILES string of the molecule is CCCn1ncnc1CNCCCN(C)C1CCCCC1. The fourth-order valence-corrected chi connectivity index (χ4v) is 3.18. The fourth-order valence-electron chi connectivity index (χ4n) is 3.18. The van der Waals surface area contributed by atoms with E-state index in [1.165, 1.54) is 45.1 Å². The van der Waals surface area contributed by atoms with Gasteiger partial charge in [-0.3, -0.25) is 0 Å². The van der Waals surface area contributed by atoms with Gasteiger partial charge in [0.25, 0.3) is 0 Å². The Balaban J connectivity index is 1.58. The lowest BCUT2D eigenvalue weighted by molar-refractivity contribution is 0.189. The largest absolute Gasteiger partial charge is 0.310 e. The summed E-state index contributed by atoms with van der Waals surface area (Å²) in [6.07, 6.45) is 11.0. The van der Waals surface area contributed by atoms with Crippen molar-refractivity contribution in [3.63, 3.8) is 0 Å². The molecular formula is C16H31N5. The minimum absolute atomic E-state index is 0.825. The van der Waals surface area contributed by atoms with Crippen LogP contribution >= 0.6 is 0 Å². The number of hydrogen-bond acceptors (Lipinski definition) is 4. The van der Waals surface area contributed by atoms with Gasteiger partial charge in [-0.25, -0.2) is 9.67 Å². The van der Waals surface area contributed by atoms with Crippen LogP contribution in [0.5, 0.6) is 0 Å². The zero-order chi connectivity index (χ0) is 14.9. The summed E-state index contributed by atoms with van der Waals surface area (Å²) in [7, 11) is 2.29. The molecule has 1 aliphatic rings. The summed E-state index contributed by atoms with van der Waals surface area (Å²) in [5, 5.41) is 7.75. The van der Waals surface area contributed by atoms with Crippen LogP contribution in [0.25, 0.3) is 0 Å². The van der Waals surface area contributed by atoms with Gasteiger partial charge in [-0.15, -0.1) is 0 Å². The Kier molecular flexibility index (Phi) is 7.16. The maximum atomic E-state index is 4.32. The van der Waals surface area contributed by atoms with Gasteiger partial charge in [-0.05, 0) is 45.8 Å². The second-order valence-corrected chi connectivity index (χ2v) is 6.20. The topological polar surface area (TPSA) is 46.0 Å². The van der Waals surface area contributed by atoms with Crippen molar-refractivity contribution in [3.05, 3.63) is 12.2 Å². The lowest BCUT2D eigenvalue weighted by atomic mass is 9.94. The van der Waals surface area contributed by atoms with Crippen LogP contribution in [0.4, 0.5) is 0 Å². The molecule has 0 spiro atoms. The number of nitrogens with zero attached hydrogens (tertiary/aromatic N) is 4. The Morgan fingerprint density at radius 2 is 2.14 bits per heavy atom. The number of aromatic nitrogens is 3. The molecule has 1 fully saturated rings. The van der Waals surface area contributed by atoms with E-state index in [0.29, 0.717) is 0 Å². The van der Waals surface area contributed by atoms with Crippen LogP contribution < -0.4 is 5.32 Å². The van der Waals surface area contributed by atoms with Crippen molar-refractivity contribution >= 4 is 0 Å². The molecule has 0 atom stereocenters. The Hall–Kier alpha value is -0.940. The molecule has 21 heavy (non-hydrogen) atoms. The lowest BCUT2D eigenvalue weighted by Crippen LogP contribution is -2.35. The molecule has 1 aliphatic carbocycles. The summed E-state index contributed by atoms with van der Waals surface area (Å²) in [6, 6.07) is 0.825. The maximum absolute atomic E-state index is 4.32. The molecule has 5 heteroatoms. The third-order valence-corrected chi connectivity index (χ3v) is 4.48. The number of aryl methyl sites for hydroxylation is 1. The summed E-state index contributed by atoms with van der Waals surface area (Å²) in [5.41, 5.74) is 0. The molecule has 120 valence electrons. The summed E-state index contributed by atoms with van der Waals surface area (Å²) in [4.78, 5) is 6.88. The Labute approximate surface area is 129 Å². The zero-order valence-corrected chi connectivity index (χ0v) is 13.7. The molecular weight excluding hydrogens is 262 g/mol. The van der Waals surface area contributed by atoms with Gasteiger partial charge in [-0.2, -0.15) is 5.10 Å². The Morgan fingerprint density at radius 3 is 2.90 bits per heavy atom. The second kappa shape index (κ2) is 9.15. The molecule has 1 heterocycles. The monoisotopic (exact) mass is 293 g/mol. The maximum Gasteiger partial charge on any atom is 0.140 e. The van der Waals surface area contributed by atoms with Crippen molar-refractivity contribution in [1.82, 2.24) is 25.0 Å². The molecule has 1 aromatic heterocycles. The molecule has 5 nitrogen and oxygen atoms in total. The lowest BCUT2D eigenvalue weighted by Gasteiger charge is -2.31. The standard InChI is InChI=1S/C16H31N5/c1-3-11-21-16(18-14-19-21)13-17-10-7-12-20(2)15-8-5-4-6-9-15/h14-15,17H,3-13H2,1-2H3. The highest BCUT2D eigenvalue weighted by Crippen LogP contribution is 2.21. The number of rotatable bonds is 9. The van der Waals surface area contributed by atoms with Gasteiger partial charge < -0.3 is 10.2 Å². The Bertz CT molecular complexity index is 384. The van der Waals surface area contributed by atoms with Crippen LogP contribution in [0, 0.1) is 0 Å². The van der Waals surface area contributed by atoms with Crippen LogP contribution in [-0.4, -0.2) is 45.8 Å². The van der Waals surface area contributed by atoms with Gasteiger partial charge >= 0.3 is 0 Å². The molecule has 0 aliphatic heterocycles. The van der Waals surface area contributed by atoms with E-state index in [4.69, 9.17) is 0 Å². The zero-order valence-electron chi connectivity index (χ0n) is 13.7.